The van der Waals surface area contributed by atoms with Gasteiger partial charge >= 0.3 is 0 Å². The van der Waals surface area contributed by atoms with Crippen molar-refractivity contribution in [1.29, 1.82) is 0 Å². The van der Waals surface area contributed by atoms with Crippen LogP contribution in [0.25, 0.3) is 0 Å². The van der Waals surface area contributed by atoms with Crippen LogP contribution in [0.1, 0.15) is 53.7 Å². The third-order valence-corrected chi connectivity index (χ3v) is 4.97. The average molecular weight is 381 g/mol. The quantitative estimate of drug-likeness (QED) is 0.835. The largest absolute Gasteiger partial charge is 0.496 e. The van der Waals surface area contributed by atoms with E-state index in [9.17, 15) is 9.59 Å². The summed E-state index contributed by atoms with van der Waals surface area (Å²) >= 11 is 0. The summed E-state index contributed by atoms with van der Waals surface area (Å²) in [4.78, 5) is 29.8. The van der Waals surface area contributed by atoms with Gasteiger partial charge in [0.2, 0.25) is 5.91 Å². The molecule has 1 aliphatic rings. The summed E-state index contributed by atoms with van der Waals surface area (Å²) in [5.74, 6) is 0.170. The molecule has 1 fully saturated rings. The first-order valence-corrected chi connectivity index (χ1v) is 9.85. The molecule has 0 bridgehead atoms. The predicted molar refractivity (Wildman–Crippen MR) is 107 cm³/mol. The fourth-order valence-corrected chi connectivity index (χ4v) is 3.48. The third kappa shape index (κ3) is 5.09. The second-order valence-corrected chi connectivity index (χ2v) is 6.95. The normalized spacial score (nSPS) is 15.2. The second kappa shape index (κ2) is 9.88. The van der Waals surface area contributed by atoms with E-state index in [1.54, 1.807) is 29.0 Å². The second-order valence-electron chi connectivity index (χ2n) is 6.95. The highest BCUT2D eigenvalue weighted by molar-refractivity contribution is 5.97. The zero-order valence-corrected chi connectivity index (χ0v) is 16.3. The zero-order valence-electron chi connectivity index (χ0n) is 16.3. The topological polar surface area (TPSA) is 72.7 Å². The summed E-state index contributed by atoms with van der Waals surface area (Å²) in [6.07, 6.45) is 7.77. The lowest BCUT2D eigenvalue weighted by Gasteiger charge is -2.17. The van der Waals surface area contributed by atoms with Crippen LogP contribution in [0.5, 0.6) is 5.75 Å². The SMILES string of the molecule is COc1ccccc1C(=O)NCCC(=O)n1ccccc1=NC1CCCCC1. The smallest absolute Gasteiger partial charge is 0.255 e. The Bertz CT molecular complexity index is 882. The molecule has 28 heavy (non-hydrogen) atoms. The molecule has 1 heterocycles. The van der Waals surface area contributed by atoms with E-state index in [4.69, 9.17) is 9.73 Å². The molecule has 1 aromatic carbocycles. The van der Waals surface area contributed by atoms with Crippen molar-refractivity contribution in [3.8, 4) is 5.75 Å². The van der Waals surface area contributed by atoms with E-state index in [-0.39, 0.29) is 24.8 Å². The van der Waals surface area contributed by atoms with Gasteiger partial charge in [-0.1, -0.05) is 37.5 Å². The minimum atomic E-state index is -0.254. The van der Waals surface area contributed by atoms with Crippen LogP contribution in [0.15, 0.2) is 53.7 Å². The molecule has 0 aliphatic heterocycles. The number of ether oxygens (including phenoxy) is 1. The van der Waals surface area contributed by atoms with E-state index in [1.807, 2.05) is 24.3 Å². The molecular weight excluding hydrogens is 354 g/mol. The van der Waals surface area contributed by atoms with Gasteiger partial charge < -0.3 is 10.1 Å². The molecule has 1 amide bonds. The Kier molecular flexibility index (Phi) is 7.00. The third-order valence-electron chi connectivity index (χ3n) is 4.97. The van der Waals surface area contributed by atoms with Gasteiger partial charge in [-0.05, 0) is 37.1 Å². The van der Waals surface area contributed by atoms with E-state index < -0.39 is 0 Å². The Morgan fingerprint density at radius 3 is 2.64 bits per heavy atom. The van der Waals surface area contributed by atoms with Crippen LogP contribution in [0.4, 0.5) is 0 Å². The fourth-order valence-electron chi connectivity index (χ4n) is 3.48. The summed E-state index contributed by atoms with van der Waals surface area (Å²) in [6.45, 7) is 0.250. The van der Waals surface area contributed by atoms with Crippen molar-refractivity contribution >= 4 is 11.8 Å². The first-order chi connectivity index (χ1) is 13.7. The number of methoxy groups -OCH3 is 1. The van der Waals surface area contributed by atoms with Crippen molar-refractivity contribution in [3.05, 3.63) is 59.7 Å². The van der Waals surface area contributed by atoms with Crippen LogP contribution in [0.2, 0.25) is 0 Å². The summed E-state index contributed by atoms with van der Waals surface area (Å²) in [7, 11) is 1.53. The van der Waals surface area contributed by atoms with E-state index in [1.165, 1.54) is 26.4 Å². The maximum Gasteiger partial charge on any atom is 0.255 e. The zero-order chi connectivity index (χ0) is 19.8. The number of hydrogen-bond acceptors (Lipinski definition) is 4. The summed E-state index contributed by atoms with van der Waals surface area (Å²) in [6, 6.07) is 12.9. The van der Waals surface area contributed by atoms with Crippen molar-refractivity contribution in [2.45, 2.75) is 44.6 Å². The average Bonchev–Trinajstić information content (AvgIpc) is 2.74. The Labute approximate surface area is 165 Å². The van der Waals surface area contributed by atoms with Gasteiger partial charge in [-0.2, -0.15) is 0 Å². The highest BCUT2D eigenvalue weighted by Gasteiger charge is 2.14. The van der Waals surface area contributed by atoms with Crippen LogP contribution < -0.4 is 15.5 Å². The van der Waals surface area contributed by atoms with Crippen LogP contribution in [0, 0.1) is 0 Å². The van der Waals surface area contributed by atoms with Gasteiger partial charge in [-0.25, -0.2) is 0 Å². The molecule has 0 unspecified atom stereocenters. The van der Waals surface area contributed by atoms with Crippen molar-refractivity contribution in [3.63, 3.8) is 0 Å². The lowest BCUT2D eigenvalue weighted by Crippen LogP contribution is -2.32. The Morgan fingerprint density at radius 2 is 1.86 bits per heavy atom. The lowest BCUT2D eigenvalue weighted by molar-refractivity contribution is 0.0887. The molecule has 6 heteroatoms. The molecule has 1 aromatic heterocycles. The van der Waals surface area contributed by atoms with Crippen molar-refractivity contribution in [2.75, 3.05) is 13.7 Å². The molecule has 1 aliphatic carbocycles. The van der Waals surface area contributed by atoms with Crippen molar-refractivity contribution in [2.24, 2.45) is 4.99 Å². The van der Waals surface area contributed by atoms with Crippen LogP contribution in [0.3, 0.4) is 0 Å². The van der Waals surface area contributed by atoms with E-state index in [0.717, 1.165) is 12.8 Å². The maximum absolute atomic E-state index is 12.7. The molecule has 3 rings (SSSR count). The number of pyridine rings is 1. The number of para-hydroxylation sites is 1. The van der Waals surface area contributed by atoms with Gasteiger partial charge in [0.25, 0.3) is 5.91 Å². The first kappa shape index (κ1) is 19.9. The van der Waals surface area contributed by atoms with Crippen LogP contribution >= 0.6 is 0 Å². The number of carbonyl (C=O) groups is 2. The van der Waals surface area contributed by atoms with Gasteiger partial charge in [0.05, 0.1) is 18.7 Å². The lowest BCUT2D eigenvalue weighted by atomic mass is 9.96. The van der Waals surface area contributed by atoms with E-state index in [0.29, 0.717) is 22.8 Å². The van der Waals surface area contributed by atoms with Gasteiger partial charge in [0, 0.05) is 19.2 Å². The molecule has 0 atom stereocenters. The van der Waals surface area contributed by atoms with Gasteiger partial charge in [0.15, 0.2) is 0 Å². The number of carbonyl (C=O) groups excluding carboxylic acids is 2. The molecular formula is C22H27N3O3. The molecule has 1 N–H and O–H groups in total. The van der Waals surface area contributed by atoms with Gasteiger partial charge in [-0.3, -0.25) is 19.1 Å². The number of amides is 1. The molecule has 6 nitrogen and oxygen atoms in total. The molecule has 1 saturated carbocycles. The van der Waals surface area contributed by atoms with Crippen molar-refractivity contribution in [1.82, 2.24) is 9.88 Å². The molecule has 0 saturated heterocycles. The van der Waals surface area contributed by atoms with Crippen LogP contribution in [-0.4, -0.2) is 36.1 Å². The predicted octanol–water partition coefficient (Wildman–Crippen LogP) is 3.19. The highest BCUT2D eigenvalue weighted by atomic mass is 16.5. The number of benzene rings is 1. The molecule has 0 radical (unpaired) electrons. The minimum Gasteiger partial charge on any atom is -0.496 e. The molecule has 0 spiro atoms. The number of nitrogens with zero attached hydrogens (tertiary/aromatic N) is 2. The number of rotatable bonds is 6. The Hall–Kier alpha value is -2.89. The number of hydrogen-bond donors (Lipinski definition) is 1. The fraction of sp³-hybridized carbons (Fsp3) is 0.409. The van der Waals surface area contributed by atoms with E-state index in [2.05, 4.69) is 5.32 Å². The monoisotopic (exact) mass is 381 g/mol. The van der Waals surface area contributed by atoms with E-state index >= 15 is 0 Å². The van der Waals surface area contributed by atoms with Crippen molar-refractivity contribution < 1.29 is 14.3 Å². The molecule has 148 valence electrons. The number of aromatic nitrogens is 1. The summed E-state index contributed by atoms with van der Waals surface area (Å²) < 4.78 is 6.79. The highest BCUT2D eigenvalue weighted by Crippen LogP contribution is 2.19. The minimum absolute atomic E-state index is 0.0875. The van der Waals surface area contributed by atoms with Crippen LogP contribution in [-0.2, 0) is 0 Å². The Morgan fingerprint density at radius 1 is 1.11 bits per heavy atom. The summed E-state index contributed by atoms with van der Waals surface area (Å²) in [5.41, 5.74) is 1.15. The maximum atomic E-state index is 12.7. The summed E-state index contributed by atoms with van der Waals surface area (Å²) in [5, 5.41) is 2.79. The first-order valence-electron chi connectivity index (χ1n) is 9.85. The van der Waals surface area contributed by atoms with Gasteiger partial charge in [-0.15, -0.1) is 0 Å². The Balaban J connectivity index is 1.62. The standard InChI is InChI=1S/C22H27N3O3/c1-28-19-12-6-5-11-18(19)22(27)23-15-14-21(26)25-16-8-7-13-20(25)24-17-9-3-2-4-10-17/h5-8,11-13,16-17H,2-4,9-10,14-15H2,1H3,(H,23,27). The van der Waals surface area contributed by atoms with Gasteiger partial charge in [0.1, 0.15) is 11.2 Å². The number of nitrogens with one attached hydrogen (secondary N) is 1. The molecule has 2 aromatic rings.